The number of hydrogen-bond acceptors (Lipinski definition) is 4. The Labute approximate surface area is 156 Å². The summed E-state index contributed by atoms with van der Waals surface area (Å²) < 4.78 is 5.30. The summed E-state index contributed by atoms with van der Waals surface area (Å²) in [5.74, 6) is 0.601. The van der Waals surface area contributed by atoms with Crippen LogP contribution in [0.2, 0.25) is 5.02 Å². The Morgan fingerprint density at radius 1 is 1.32 bits per heavy atom. The Bertz CT molecular complexity index is 719. The van der Waals surface area contributed by atoms with E-state index in [0.717, 1.165) is 5.56 Å². The number of benzene rings is 1. The minimum atomic E-state index is -0.106. The molecular weight excluding hydrogens is 360 g/mol. The number of methoxy groups -OCH3 is 1. The van der Waals surface area contributed by atoms with Gasteiger partial charge in [-0.2, -0.15) is 11.3 Å². The standard InChI is InChI=1S/C18H21ClN2O3S/c1-21(11-14-10-15(19)5-6-16(14)24-2)17(22)4-3-8-20-18(23)13-7-9-25-12-13/h5-7,9-10,12H,3-4,8,11H2,1-2H3,(H,20,23). The summed E-state index contributed by atoms with van der Waals surface area (Å²) in [5, 5.41) is 7.08. The van der Waals surface area contributed by atoms with Gasteiger partial charge in [0, 0.05) is 48.1 Å². The van der Waals surface area contributed by atoms with Crippen molar-refractivity contribution in [2.75, 3.05) is 20.7 Å². The Morgan fingerprint density at radius 2 is 2.12 bits per heavy atom. The molecule has 25 heavy (non-hydrogen) atoms. The summed E-state index contributed by atoms with van der Waals surface area (Å²) in [4.78, 5) is 25.7. The van der Waals surface area contributed by atoms with Crippen LogP contribution in [-0.2, 0) is 11.3 Å². The topological polar surface area (TPSA) is 58.6 Å². The Morgan fingerprint density at radius 3 is 2.80 bits per heavy atom. The molecule has 0 bridgehead atoms. The minimum Gasteiger partial charge on any atom is -0.496 e. The molecule has 0 unspecified atom stereocenters. The molecule has 0 saturated carbocycles. The van der Waals surface area contributed by atoms with Gasteiger partial charge in [-0.15, -0.1) is 0 Å². The summed E-state index contributed by atoms with van der Waals surface area (Å²) >= 11 is 7.49. The van der Waals surface area contributed by atoms with E-state index in [-0.39, 0.29) is 11.8 Å². The lowest BCUT2D eigenvalue weighted by Crippen LogP contribution is -2.28. The van der Waals surface area contributed by atoms with Gasteiger partial charge in [-0.3, -0.25) is 9.59 Å². The number of amides is 2. The number of ether oxygens (including phenoxy) is 1. The molecule has 1 heterocycles. The molecule has 0 aliphatic carbocycles. The van der Waals surface area contributed by atoms with Crippen molar-refractivity contribution in [2.45, 2.75) is 19.4 Å². The second kappa shape index (κ2) is 9.44. The molecule has 7 heteroatoms. The third-order valence-electron chi connectivity index (χ3n) is 3.71. The zero-order valence-electron chi connectivity index (χ0n) is 14.3. The van der Waals surface area contributed by atoms with Gasteiger partial charge >= 0.3 is 0 Å². The van der Waals surface area contributed by atoms with Crippen LogP contribution in [0.25, 0.3) is 0 Å². The van der Waals surface area contributed by atoms with E-state index in [4.69, 9.17) is 16.3 Å². The first-order valence-corrected chi connectivity index (χ1v) is 9.20. The van der Waals surface area contributed by atoms with E-state index in [0.29, 0.717) is 42.3 Å². The summed E-state index contributed by atoms with van der Waals surface area (Å²) in [5.41, 5.74) is 1.51. The highest BCUT2D eigenvalue weighted by Gasteiger charge is 2.13. The van der Waals surface area contributed by atoms with Gasteiger partial charge < -0.3 is 15.0 Å². The lowest BCUT2D eigenvalue weighted by Gasteiger charge is -2.19. The number of rotatable bonds is 8. The normalized spacial score (nSPS) is 10.4. The molecule has 1 aromatic heterocycles. The Hall–Kier alpha value is -2.05. The maximum Gasteiger partial charge on any atom is 0.252 e. The van der Waals surface area contributed by atoms with Crippen LogP contribution < -0.4 is 10.1 Å². The van der Waals surface area contributed by atoms with Crippen molar-refractivity contribution in [3.63, 3.8) is 0 Å². The van der Waals surface area contributed by atoms with Crippen molar-refractivity contribution in [3.05, 3.63) is 51.2 Å². The van der Waals surface area contributed by atoms with Crippen molar-refractivity contribution in [1.29, 1.82) is 0 Å². The average Bonchev–Trinajstić information content (AvgIpc) is 3.13. The maximum absolute atomic E-state index is 12.2. The molecule has 0 spiro atoms. The van der Waals surface area contributed by atoms with Crippen LogP contribution in [0.15, 0.2) is 35.0 Å². The highest BCUT2D eigenvalue weighted by atomic mass is 35.5. The molecule has 2 aromatic rings. The molecule has 0 aliphatic rings. The molecule has 2 amide bonds. The Kier molecular flexibility index (Phi) is 7.28. The van der Waals surface area contributed by atoms with Gasteiger partial charge in [0.15, 0.2) is 0 Å². The molecule has 0 saturated heterocycles. The van der Waals surface area contributed by atoms with Crippen molar-refractivity contribution in [2.24, 2.45) is 0 Å². The number of carbonyl (C=O) groups excluding carboxylic acids is 2. The predicted octanol–water partition coefficient (Wildman–Crippen LogP) is 3.58. The number of nitrogens with one attached hydrogen (secondary N) is 1. The van der Waals surface area contributed by atoms with E-state index in [9.17, 15) is 9.59 Å². The molecule has 134 valence electrons. The molecule has 0 radical (unpaired) electrons. The first kappa shape index (κ1) is 19.3. The van der Waals surface area contributed by atoms with Gasteiger partial charge in [-0.05, 0) is 36.1 Å². The molecule has 1 N–H and O–H groups in total. The van der Waals surface area contributed by atoms with E-state index >= 15 is 0 Å². The van der Waals surface area contributed by atoms with Gasteiger partial charge in [0.2, 0.25) is 5.91 Å². The molecule has 5 nitrogen and oxygen atoms in total. The smallest absolute Gasteiger partial charge is 0.252 e. The number of hydrogen-bond donors (Lipinski definition) is 1. The first-order valence-electron chi connectivity index (χ1n) is 7.88. The van der Waals surface area contributed by atoms with Gasteiger partial charge in [-0.1, -0.05) is 11.6 Å². The third-order valence-corrected chi connectivity index (χ3v) is 4.63. The van der Waals surface area contributed by atoms with Crippen molar-refractivity contribution in [3.8, 4) is 5.75 Å². The van der Waals surface area contributed by atoms with E-state index in [1.807, 2.05) is 5.38 Å². The van der Waals surface area contributed by atoms with Gasteiger partial charge in [0.05, 0.1) is 7.11 Å². The summed E-state index contributed by atoms with van der Waals surface area (Å²) in [6.45, 7) is 0.887. The van der Waals surface area contributed by atoms with E-state index < -0.39 is 0 Å². The quantitative estimate of drug-likeness (QED) is 0.712. The molecule has 2 rings (SSSR count). The fourth-order valence-corrected chi connectivity index (χ4v) is 3.17. The van der Waals surface area contributed by atoms with Gasteiger partial charge in [-0.25, -0.2) is 0 Å². The number of thiophene rings is 1. The molecule has 1 aromatic carbocycles. The fourth-order valence-electron chi connectivity index (χ4n) is 2.34. The van der Waals surface area contributed by atoms with Crippen molar-refractivity contribution < 1.29 is 14.3 Å². The maximum atomic E-state index is 12.2. The first-order chi connectivity index (χ1) is 12.0. The van der Waals surface area contributed by atoms with E-state index in [2.05, 4.69) is 5.32 Å². The van der Waals surface area contributed by atoms with Crippen LogP contribution in [0.3, 0.4) is 0 Å². The minimum absolute atomic E-state index is 0.00631. The molecule has 0 aliphatic heterocycles. The third kappa shape index (κ3) is 5.76. The fraction of sp³-hybridized carbons (Fsp3) is 0.333. The van der Waals surface area contributed by atoms with Crippen LogP contribution in [-0.4, -0.2) is 37.4 Å². The zero-order chi connectivity index (χ0) is 18.2. The second-order valence-electron chi connectivity index (χ2n) is 5.58. The number of carbonyl (C=O) groups is 2. The van der Waals surface area contributed by atoms with Crippen molar-refractivity contribution >= 4 is 34.8 Å². The highest BCUT2D eigenvalue weighted by molar-refractivity contribution is 7.08. The van der Waals surface area contributed by atoms with Crippen LogP contribution in [0.4, 0.5) is 0 Å². The molecule has 0 atom stereocenters. The zero-order valence-corrected chi connectivity index (χ0v) is 15.8. The average molecular weight is 381 g/mol. The highest BCUT2D eigenvalue weighted by Crippen LogP contribution is 2.23. The van der Waals surface area contributed by atoms with Crippen LogP contribution >= 0.6 is 22.9 Å². The summed E-state index contributed by atoms with van der Waals surface area (Å²) in [7, 11) is 3.33. The largest absolute Gasteiger partial charge is 0.496 e. The molecule has 0 fully saturated rings. The van der Waals surface area contributed by atoms with E-state index in [1.54, 1.807) is 48.7 Å². The number of nitrogens with zero attached hydrogens (tertiary/aromatic N) is 1. The molecular formula is C18H21ClN2O3S. The summed E-state index contributed by atoms with van der Waals surface area (Å²) in [6, 6.07) is 7.11. The lowest BCUT2D eigenvalue weighted by molar-refractivity contribution is -0.130. The lowest BCUT2D eigenvalue weighted by atomic mass is 10.1. The van der Waals surface area contributed by atoms with Crippen LogP contribution in [0.1, 0.15) is 28.8 Å². The SMILES string of the molecule is COc1ccc(Cl)cc1CN(C)C(=O)CCCNC(=O)c1ccsc1. The van der Waals surface area contributed by atoms with Gasteiger partial charge in [0.1, 0.15) is 5.75 Å². The van der Waals surface area contributed by atoms with Crippen LogP contribution in [0.5, 0.6) is 5.75 Å². The number of halogens is 1. The van der Waals surface area contributed by atoms with Crippen molar-refractivity contribution in [1.82, 2.24) is 10.2 Å². The second-order valence-corrected chi connectivity index (χ2v) is 6.79. The van der Waals surface area contributed by atoms with Crippen LogP contribution in [0, 0.1) is 0 Å². The predicted molar refractivity (Wildman–Crippen MR) is 100 cm³/mol. The monoisotopic (exact) mass is 380 g/mol. The van der Waals surface area contributed by atoms with E-state index in [1.165, 1.54) is 11.3 Å². The summed E-state index contributed by atoms with van der Waals surface area (Å²) in [6.07, 6.45) is 0.953. The van der Waals surface area contributed by atoms with Gasteiger partial charge in [0.25, 0.3) is 5.91 Å². The Balaban J connectivity index is 1.77.